The summed E-state index contributed by atoms with van der Waals surface area (Å²) in [5.74, 6) is 0.459. The number of nitrogens with zero attached hydrogens (tertiary/aromatic N) is 3. The molecular weight excluding hydrogens is 357 g/mol. The van der Waals surface area contributed by atoms with Crippen molar-refractivity contribution in [2.45, 2.75) is 0 Å². The van der Waals surface area contributed by atoms with Gasteiger partial charge in [0.25, 0.3) is 11.6 Å². The van der Waals surface area contributed by atoms with Crippen LogP contribution in [0.5, 0.6) is 11.5 Å². The first-order valence-corrected chi connectivity index (χ1v) is 8.41. The molecule has 0 aliphatic carbocycles. The van der Waals surface area contributed by atoms with Gasteiger partial charge in [-0.05, 0) is 24.3 Å². The molecule has 0 atom stereocenters. The third kappa shape index (κ3) is 3.23. The third-order valence-corrected chi connectivity index (χ3v) is 4.66. The normalized spacial score (nSPS) is 15.7. The Balaban J connectivity index is 1.47. The first-order chi connectivity index (χ1) is 13.0. The van der Waals surface area contributed by atoms with Crippen molar-refractivity contribution in [3.05, 3.63) is 57.9 Å². The molecule has 2 aliphatic rings. The van der Waals surface area contributed by atoms with Crippen molar-refractivity contribution in [3.63, 3.8) is 0 Å². The van der Waals surface area contributed by atoms with Gasteiger partial charge in [-0.3, -0.25) is 14.9 Å². The van der Waals surface area contributed by atoms with Crippen LogP contribution < -0.4 is 14.4 Å². The highest BCUT2D eigenvalue weighted by Gasteiger charge is 2.27. The molecule has 0 unspecified atom stereocenters. The fourth-order valence-electron chi connectivity index (χ4n) is 3.27. The monoisotopic (exact) mass is 373 g/mol. The SMILES string of the molecule is O=C(c1ccc2c(c1)OCO2)N1CCN(c2cc(F)ccc2[N+](=O)[O-])CC1. The van der Waals surface area contributed by atoms with Gasteiger partial charge in [0.15, 0.2) is 11.5 Å². The highest BCUT2D eigenvalue weighted by Crippen LogP contribution is 2.33. The van der Waals surface area contributed by atoms with Crippen LogP contribution >= 0.6 is 0 Å². The maximum absolute atomic E-state index is 13.6. The number of fused-ring (bicyclic) bond motifs is 1. The summed E-state index contributed by atoms with van der Waals surface area (Å²) in [5.41, 5.74) is 0.576. The van der Waals surface area contributed by atoms with Gasteiger partial charge in [-0.2, -0.15) is 0 Å². The first-order valence-electron chi connectivity index (χ1n) is 8.41. The summed E-state index contributed by atoms with van der Waals surface area (Å²) in [4.78, 5) is 26.8. The van der Waals surface area contributed by atoms with Gasteiger partial charge < -0.3 is 19.3 Å². The van der Waals surface area contributed by atoms with Gasteiger partial charge in [0, 0.05) is 43.9 Å². The van der Waals surface area contributed by atoms with Crippen LogP contribution in [0.2, 0.25) is 0 Å². The van der Waals surface area contributed by atoms with Crippen LogP contribution in [0.4, 0.5) is 15.8 Å². The number of carbonyl (C=O) groups excluding carboxylic acids is 1. The maximum atomic E-state index is 13.6. The van der Waals surface area contributed by atoms with Crippen LogP contribution in [0.15, 0.2) is 36.4 Å². The van der Waals surface area contributed by atoms with Crippen molar-refractivity contribution in [2.24, 2.45) is 0 Å². The Morgan fingerprint density at radius 1 is 1.04 bits per heavy atom. The number of rotatable bonds is 3. The lowest BCUT2D eigenvalue weighted by Crippen LogP contribution is -2.49. The molecule has 2 aliphatic heterocycles. The van der Waals surface area contributed by atoms with E-state index in [0.29, 0.717) is 43.2 Å². The minimum atomic E-state index is -0.533. The number of nitro benzene ring substituents is 1. The topological polar surface area (TPSA) is 85.2 Å². The number of anilines is 1. The quantitative estimate of drug-likeness (QED) is 0.607. The van der Waals surface area contributed by atoms with Gasteiger partial charge in [-0.25, -0.2) is 4.39 Å². The van der Waals surface area contributed by atoms with Crippen LogP contribution in [-0.4, -0.2) is 48.7 Å². The summed E-state index contributed by atoms with van der Waals surface area (Å²) in [7, 11) is 0. The lowest BCUT2D eigenvalue weighted by molar-refractivity contribution is -0.384. The number of benzene rings is 2. The summed E-state index contributed by atoms with van der Waals surface area (Å²) in [5, 5.41) is 11.2. The highest BCUT2D eigenvalue weighted by atomic mass is 19.1. The van der Waals surface area contributed by atoms with Crippen molar-refractivity contribution in [2.75, 3.05) is 37.9 Å². The molecule has 0 spiro atoms. The minimum absolute atomic E-state index is 0.137. The van der Waals surface area contributed by atoms with E-state index in [4.69, 9.17) is 9.47 Å². The zero-order valence-electron chi connectivity index (χ0n) is 14.3. The van der Waals surface area contributed by atoms with Crippen LogP contribution in [0, 0.1) is 15.9 Å². The Morgan fingerprint density at radius 3 is 2.52 bits per heavy atom. The predicted molar refractivity (Wildman–Crippen MR) is 93.7 cm³/mol. The largest absolute Gasteiger partial charge is 0.454 e. The molecule has 140 valence electrons. The Labute approximate surface area is 153 Å². The van der Waals surface area contributed by atoms with E-state index in [1.54, 1.807) is 28.0 Å². The molecule has 27 heavy (non-hydrogen) atoms. The van der Waals surface area contributed by atoms with Gasteiger partial charge in [0.1, 0.15) is 11.5 Å². The molecule has 2 aromatic carbocycles. The molecular formula is C18H16FN3O5. The Morgan fingerprint density at radius 2 is 1.78 bits per heavy atom. The van der Waals surface area contributed by atoms with Crippen molar-refractivity contribution in [1.82, 2.24) is 4.90 Å². The van der Waals surface area contributed by atoms with E-state index in [0.717, 1.165) is 18.2 Å². The second kappa shape index (κ2) is 6.75. The number of hydrogen-bond donors (Lipinski definition) is 0. The molecule has 2 aromatic rings. The lowest BCUT2D eigenvalue weighted by Gasteiger charge is -2.35. The molecule has 1 amide bonds. The van der Waals surface area contributed by atoms with E-state index >= 15 is 0 Å². The van der Waals surface area contributed by atoms with E-state index in [-0.39, 0.29) is 24.1 Å². The van der Waals surface area contributed by atoms with Gasteiger partial charge >= 0.3 is 0 Å². The maximum Gasteiger partial charge on any atom is 0.292 e. The highest BCUT2D eigenvalue weighted by molar-refractivity contribution is 5.95. The number of halogens is 1. The number of amides is 1. The molecule has 0 aromatic heterocycles. The molecule has 1 saturated heterocycles. The van der Waals surface area contributed by atoms with Crippen molar-refractivity contribution < 1.29 is 23.6 Å². The van der Waals surface area contributed by atoms with Gasteiger partial charge in [0.2, 0.25) is 6.79 Å². The Kier molecular flexibility index (Phi) is 4.27. The summed E-state index contributed by atoms with van der Waals surface area (Å²) in [6.07, 6.45) is 0. The summed E-state index contributed by atoms with van der Waals surface area (Å²) >= 11 is 0. The number of ether oxygens (including phenoxy) is 2. The minimum Gasteiger partial charge on any atom is -0.454 e. The van der Waals surface area contributed by atoms with Gasteiger partial charge in [-0.15, -0.1) is 0 Å². The van der Waals surface area contributed by atoms with Crippen LogP contribution in [0.1, 0.15) is 10.4 Å². The molecule has 9 heteroatoms. The molecule has 0 bridgehead atoms. The summed E-state index contributed by atoms with van der Waals surface area (Å²) in [6.45, 7) is 1.64. The fourth-order valence-corrected chi connectivity index (χ4v) is 3.27. The van der Waals surface area contributed by atoms with E-state index in [9.17, 15) is 19.3 Å². The zero-order chi connectivity index (χ0) is 19.0. The van der Waals surface area contributed by atoms with Crippen LogP contribution in [-0.2, 0) is 0 Å². The van der Waals surface area contributed by atoms with E-state index in [1.807, 2.05) is 0 Å². The van der Waals surface area contributed by atoms with E-state index in [1.165, 1.54) is 0 Å². The van der Waals surface area contributed by atoms with Crippen molar-refractivity contribution >= 4 is 17.3 Å². The molecule has 4 rings (SSSR count). The average molecular weight is 373 g/mol. The number of nitro groups is 1. The Hall–Kier alpha value is -3.36. The van der Waals surface area contributed by atoms with Gasteiger partial charge in [0.05, 0.1) is 4.92 Å². The number of piperazine rings is 1. The third-order valence-electron chi connectivity index (χ3n) is 4.66. The predicted octanol–water partition coefficient (Wildman–Crippen LogP) is 2.43. The van der Waals surface area contributed by atoms with Crippen molar-refractivity contribution in [3.8, 4) is 11.5 Å². The average Bonchev–Trinajstić information content (AvgIpc) is 3.15. The van der Waals surface area contributed by atoms with Crippen LogP contribution in [0.25, 0.3) is 0 Å². The van der Waals surface area contributed by atoms with E-state index in [2.05, 4.69) is 0 Å². The Bertz CT molecular complexity index is 912. The first kappa shape index (κ1) is 17.1. The van der Waals surface area contributed by atoms with Crippen LogP contribution in [0.3, 0.4) is 0 Å². The summed E-state index contributed by atoms with van der Waals surface area (Å²) in [6, 6.07) is 8.42. The lowest BCUT2D eigenvalue weighted by atomic mass is 10.1. The smallest absolute Gasteiger partial charge is 0.292 e. The molecule has 0 saturated carbocycles. The standard InChI is InChI=1S/C18H16FN3O5/c19-13-2-3-14(22(24)25)15(10-13)20-5-7-21(8-6-20)18(23)12-1-4-16-17(9-12)27-11-26-16/h1-4,9-10H,5-8,11H2. The van der Waals surface area contributed by atoms with E-state index < -0.39 is 10.7 Å². The second-order valence-electron chi connectivity index (χ2n) is 6.24. The molecule has 0 radical (unpaired) electrons. The molecule has 2 heterocycles. The van der Waals surface area contributed by atoms with Gasteiger partial charge in [-0.1, -0.05) is 0 Å². The summed E-state index contributed by atoms with van der Waals surface area (Å²) < 4.78 is 24.1. The second-order valence-corrected chi connectivity index (χ2v) is 6.24. The number of carbonyl (C=O) groups is 1. The van der Waals surface area contributed by atoms with Crippen molar-refractivity contribution in [1.29, 1.82) is 0 Å². The zero-order valence-corrected chi connectivity index (χ0v) is 14.3. The fraction of sp³-hybridized carbons (Fsp3) is 0.278. The molecule has 1 fully saturated rings. The number of hydrogen-bond acceptors (Lipinski definition) is 6. The molecule has 8 nitrogen and oxygen atoms in total. The molecule has 0 N–H and O–H groups in total.